The van der Waals surface area contributed by atoms with Crippen molar-refractivity contribution in [1.29, 1.82) is 0 Å². The average Bonchev–Trinajstić information content (AvgIpc) is 4.06. The second-order valence-corrected chi connectivity index (χ2v) is 19.5. The first-order chi connectivity index (χ1) is 32.9. The van der Waals surface area contributed by atoms with Gasteiger partial charge in [0.15, 0.2) is 0 Å². The summed E-state index contributed by atoms with van der Waals surface area (Å²) >= 11 is 1.90. The van der Waals surface area contributed by atoms with Gasteiger partial charge in [0.25, 0.3) is 0 Å². The number of fused-ring (bicyclic) bond motifs is 9. The number of thiophene rings is 1. The van der Waals surface area contributed by atoms with Crippen LogP contribution in [0.2, 0.25) is 0 Å². The van der Waals surface area contributed by atoms with Crippen LogP contribution in [0, 0.1) is 27.7 Å². The molecule has 0 aliphatic heterocycles. The van der Waals surface area contributed by atoms with E-state index in [1.165, 1.54) is 115 Å². The van der Waals surface area contributed by atoms with Gasteiger partial charge in [-0.05, 0) is 181 Å². The molecule has 2 heterocycles. The van der Waals surface area contributed by atoms with Crippen LogP contribution < -0.4 is 0 Å². The molecule has 67 heavy (non-hydrogen) atoms. The van der Waals surface area contributed by atoms with Crippen LogP contribution in [0.5, 0.6) is 0 Å². The summed E-state index contributed by atoms with van der Waals surface area (Å²) in [5.74, 6) is 0. The van der Waals surface area contributed by atoms with E-state index in [1.54, 1.807) is 6.20 Å². The van der Waals surface area contributed by atoms with Crippen molar-refractivity contribution in [3.8, 4) is 89.1 Å². The van der Waals surface area contributed by atoms with Gasteiger partial charge in [0, 0.05) is 31.3 Å². The summed E-state index contributed by atoms with van der Waals surface area (Å²) < 4.78 is 2.54. The van der Waals surface area contributed by atoms with Crippen molar-refractivity contribution >= 4 is 31.5 Å². The van der Waals surface area contributed by atoms with Gasteiger partial charge in [0.2, 0.25) is 0 Å². The number of nitrogens with zero attached hydrogens (tertiary/aromatic N) is 3. The van der Waals surface area contributed by atoms with E-state index in [-0.39, 0.29) is 0 Å². The van der Waals surface area contributed by atoms with E-state index < -0.39 is 0 Å². The van der Waals surface area contributed by atoms with E-state index in [4.69, 9.17) is 5.10 Å². The summed E-state index contributed by atoms with van der Waals surface area (Å²) in [7, 11) is 0. The highest BCUT2D eigenvalue weighted by Crippen LogP contribution is 2.58. The third-order valence-electron chi connectivity index (χ3n) is 14.8. The smallest absolute Gasteiger partial charge is 0.0976 e. The number of rotatable bonds is 6. The van der Waals surface area contributed by atoms with Crippen LogP contribution in [0.1, 0.15) is 44.5 Å². The highest BCUT2D eigenvalue weighted by molar-refractivity contribution is 7.26. The van der Waals surface area contributed by atoms with Crippen molar-refractivity contribution in [2.45, 2.75) is 40.5 Å². The van der Waals surface area contributed by atoms with Crippen molar-refractivity contribution in [3.63, 3.8) is 0 Å². The summed E-state index contributed by atoms with van der Waals surface area (Å²) in [6, 6.07) is 63.0. The second kappa shape index (κ2) is 15.4. The molecule has 11 aromatic rings. The molecule has 0 saturated heterocycles. The lowest BCUT2D eigenvalue weighted by Gasteiger charge is -2.27. The lowest BCUT2D eigenvalue weighted by molar-refractivity contribution is 0.871. The molecule has 0 unspecified atom stereocenters. The molecule has 0 spiro atoms. The highest BCUT2D eigenvalue weighted by atomic mass is 32.1. The zero-order valence-electron chi connectivity index (χ0n) is 37.9. The molecule has 2 aliphatic rings. The molecule has 0 N–H and O–H groups in total. The Kier molecular flexibility index (Phi) is 9.10. The molecule has 0 atom stereocenters. The molecule has 0 saturated carbocycles. The van der Waals surface area contributed by atoms with Gasteiger partial charge in [-0.2, -0.15) is 0 Å². The zero-order chi connectivity index (χ0) is 44.9. The standard InChI is InChI=1S/C63H45N3S/c1-36-31-49-44-23-13-11-21-42(44)33-51(49)57(38(36)3)53-35-56-61(47-25-15-16-26-55(47)67-56)62(63(53)58-39(4)37(2)32-50-45-24-14-12-22-43(45)34-52(50)58)48-28-27-46(40-17-7-5-8-18-40)59(41-19-9-6-10-20-41)60(48)54-29-30-64-66-65-54/h5-32,35H,33-34H2,1-4H3. The van der Waals surface area contributed by atoms with Gasteiger partial charge in [-0.3, -0.25) is 0 Å². The fourth-order valence-corrected chi connectivity index (χ4v) is 12.7. The first-order valence-corrected chi connectivity index (χ1v) is 24.1. The van der Waals surface area contributed by atoms with Crippen molar-refractivity contribution in [1.82, 2.24) is 15.4 Å². The average molecular weight is 876 g/mol. The Balaban J connectivity index is 1.28. The maximum Gasteiger partial charge on any atom is 0.0976 e. The predicted octanol–water partition coefficient (Wildman–Crippen LogP) is 16.6. The van der Waals surface area contributed by atoms with Crippen LogP contribution in [0.15, 0.2) is 176 Å². The summed E-state index contributed by atoms with van der Waals surface area (Å²) in [6.45, 7) is 9.34. The number of benzene rings is 9. The van der Waals surface area contributed by atoms with E-state index >= 15 is 0 Å². The van der Waals surface area contributed by atoms with E-state index in [0.717, 1.165) is 51.9 Å². The number of hydrogen-bond acceptors (Lipinski definition) is 4. The summed E-state index contributed by atoms with van der Waals surface area (Å²) in [5, 5.41) is 16.1. The molecule has 4 heteroatoms. The Morgan fingerprint density at radius 1 is 0.403 bits per heavy atom. The number of hydrogen-bond donors (Lipinski definition) is 0. The van der Waals surface area contributed by atoms with Gasteiger partial charge in [-0.15, -0.1) is 21.5 Å². The molecule has 13 rings (SSSR count). The van der Waals surface area contributed by atoms with Crippen molar-refractivity contribution < 1.29 is 0 Å². The lowest BCUT2D eigenvalue weighted by atomic mass is 9.75. The fraction of sp³-hybridized carbons (Fsp3) is 0.0952. The molecule has 0 fully saturated rings. The Morgan fingerprint density at radius 2 is 0.985 bits per heavy atom. The molecule has 2 aliphatic carbocycles. The SMILES string of the molecule is Cc1cc2c(c(-c3cc4sc5ccccc5c4c(-c4ccc(-c5ccccc5)c(-c5ccccc5)c4-c4ccnnn4)c3-c3c(C)c(C)cc4c3Cc3ccccc3-4)c1C)Cc1ccccc1-2. The molecule has 2 aromatic heterocycles. The van der Waals surface area contributed by atoms with Gasteiger partial charge in [0.1, 0.15) is 0 Å². The van der Waals surface area contributed by atoms with Crippen LogP contribution in [0.25, 0.3) is 109 Å². The number of aromatic nitrogens is 3. The van der Waals surface area contributed by atoms with Crippen molar-refractivity contribution in [3.05, 3.63) is 221 Å². The predicted molar refractivity (Wildman–Crippen MR) is 281 cm³/mol. The largest absolute Gasteiger partial charge is 0.139 e. The van der Waals surface area contributed by atoms with Crippen molar-refractivity contribution in [2.75, 3.05) is 0 Å². The Bertz CT molecular complexity index is 3830. The van der Waals surface area contributed by atoms with Crippen LogP contribution in [0.4, 0.5) is 0 Å². The molecular weight excluding hydrogens is 831 g/mol. The maximum absolute atomic E-state index is 4.92. The minimum absolute atomic E-state index is 0.785. The molecule has 0 amide bonds. The quantitative estimate of drug-likeness (QED) is 0.167. The second-order valence-electron chi connectivity index (χ2n) is 18.4. The topological polar surface area (TPSA) is 38.7 Å². The molecule has 318 valence electrons. The molecule has 3 nitrogen and oxygen atoms in total. The van der Waals surface area contributed by atoms with E-state index in [2.05, 4.69) is 202 Å². The monoisotopic (exact) mass is 875 g/mol. The fourth-order valence-electron chi connectivity index (χ4n) is 11.6. The summed E-state index contributed by atoms with van der Waals surface area (Å²) in [4.78, 5) is 0. The number of aryl methyl sites for hydroxylation is 2. The van der Waals surface area contributed by atoms with Crippen molar-refractivity contribution in [2.24, 2.45) is 0 Å². The summed E-state index contributed by atoms with van der Waals surface area (Å²) in [5.41, 5.74) is 30.1. The molecular formula is C63H45N3S. The first-order valence-electron chi connectivity index (χ1n) is 23.3. The summed E-state index contributed by atoms with van der Waals surface area (Å²) in [6.07, 6.45) is 3.54. The van der Waals surface area contributed by atoms with Gasteiger partial charge < -0.3 is 0 Å². The minimum Gasteiger partial charge on any atom is -0.139 e. The molecule has 0 radical (unpaired) electrons. The normalized spacial score (nSPS) is 12.4. The molecule has 9 aromatic carbocycles. The Hall–Kier alpha value is -7.79. The zero-order valence-corrected chi connectivity index (χ0v) is 38.7. The third-order valence-corrected chi connectivity index (χ3v) is 15.9. The first kappa shape index (κ1) is 39.6. The van der Waals surface area contributed by atoms with Gasteiger partial charge in [-0.25, -0.2) is 0 Å². The lowest BCUT2D eigenvalue weighted by Crippen LogP contribution is -2.04. The Morgan fingerprint density at radius 3 is 1.66 bits per heavy atom. The van der Waals surface area contributed by atoms with E-state index in [1.807, 2.05) is 17.4 Å². The van der Waals surface area contributed by atoms with Crippen LogP contribution in [-0.2, 0) is 12.8 Å². The van der Waals surface area contributed by atoms with Crippen LogP contribution >= 0.6 is 11.3 Å². The van der Waals surface area contributed by atoms with Crippen LogP contribution in [-0.4, -0.2) is 15.4 Å². The van der Waals surface area contributed by atoms with Crippen LogP contribution in [0.3, 0.4) is 0 Å². The van der Waals surface area contributed by atoms with Gasteiger partial charge in [0.05, 0.1) is 11.9 Å². The minimum atomic E-state index is 0.785. The Labute approximate surface area is 395 Å². The highest BCUT2D eigenvalue weighted by Gasteiger charge is 2.34. The van der Waals surface area contributed by atoms with Gasteiger partial charge >= 0.3 is 0 Å². The third kappa shape index (κ3) is 6.06. The van der Waals surface area contributed by atoms with E-state index in [0.29, 0.717) is 0 Å². The maximum atomic E-state index is 4.92. The van der Waals surface area contributed by atoms with Gasteiger partial charge in [-0.1, -0.05) is 152 Å². The molecule has 0 bridgehead atoms. The van der Waals surface area contributed by atoms with E-state index in [9.17, 15) is 0 Å².